The zero-order chi connectivity index (χ0) is 15.3. The highest BCUT2D eigenvalue weighted by Gasteiger charge is 2.12. The minimum absolute atomic E-state index is 0.218. The van der Waals surface area contributed by atoms with Gasteiger partial charge in [-0.25, -0.2) is 13.6 Å². The molecular weight excluding hydrogens is 292 g/mol. The molecule has 0 aliphatic heterocycles. The molecular formula is C14H18N2O4S. The van der Waals surface area contributed by atoms with Crippen LogP contribution < -0.4 is 15.2 Å². The number of hydrogen-bond acceptors (Lipinski definition) is 5. The molecule has 21 heavy (non-hydrogen) atoms. The van der Waals surface area contributed by atoms with Crippen LogP contribution in [0.25, 0.3) is 0 Å². The summed E-state index contributed by atoms with van der Waals surface area (Å²) in [5.41, 5.74) is 1.11. The fourth-order valence-electron chi connectivity index (χ4n) is 1.95. The van der Waals surface area contributed by atoms with E-state index in [0.717, 1.165) is 17.7 Å². The van der Waals surface area contributed by atoms with Crippen molar-refractivity contribution in [2.24, 2.45) is 5.14 Å². The minimum atomic E-state index is -3.78. The van der Waals surface area contributed by atoms with Crippen LogP contribution in [0.3, 0.4) is 0 Å². The van der Waals surface area contributed by atoms with Gasteiger partial charge in [0.25, 0.3) is 10.0 Å². The summed E-state index contributed by atoms with van der Waals surface area (Å²) < 4.78 is 32.6. The molecule has 0 spiro atoms. The van der Waals surface area contributed by atoms with E-state index in [1.165, 1.54) is 6.07 Å². The standard InChI is InChI=1S/C14H18N2O4S/c1-19-13-5-3-2-4-11(13)8-9-16-10-12-6-7-14(20-12)21(15,17)18/h2-7,16H,8-10H2,1H3,(H2,15,17,18). The zero-order valence-corrected chi connectivity index (χ0v) is 12.5. The van der Waals surface area contributed by atoms with Gasteiger partial charge in [-0.15, -0.1) is 0 Å². The number of rotatable bonds is 7. The Kier molecular flexibility index (Phi) is 5.00. The maximum atomic E-state index is 11.1. The number of ether oxygens (including phenoxy) is 1. The molecule has 1 heterocycles. The van der Waals surface area contributed by atoms with Crippen molar-refractivity contribution in [2.45, 2.75) is 18.1 Å². The fourth-order valence-corrected chi connectivity index (χ4v) is 2.43. The van der Waals surface area contributed by atoms with E-state index in [-0.39, 0.29) is 5.09 Å². The Bertz CT molecular complexity index is 695. The molecule has 6 nitrogen and oxygen atoms in total. The van der Waals surface area contributed by atoms with Gasteiger partial charge in [0.2, 0.25) is 5.09 Å². The molecule has 1 aromatic carbocycles. The van der Waals surface area contributed by atoms with Crippen molar-refractivity contribution in [3.8, 4) is 5.75 Å². The summed E-state index contributed by atoms with van der Waals surface area (Å²) >= 11 is 0. The van der Waals surface area contributed by atoms with E-state index < -0.39 is 10.0 Å². The van der Waals surface area contributed by atoms with E-state index in [1.807, 2.05) is 24.3 Å². The normalized spacial score (nSPS) is 11.5. The lowest BCUT2D eigenvalue weighted by Crippen LogP contribution is -2.16. The third kappa shape index (κ3) is 4.32. The van der Waals surface area contributed by atoms with Crippen LogP contribution in [0.5, 0.6) is 5.75 Å². The van der Waals surface area contributed by atoms with E-state index in [2.05, 4.69) is 5.32 Å². The van der Waals surface area contributed by atoms with Crippen LogP contribution in [0, 0.1) is 0 Å². The number of methoxy groups -OCH3 is 1. The second-order valence-corrected chi connectivity index (χ2v) is 6.00. The molecule has 0 aliphatic carbocycles. The van der Waals surface area contributed by atoms with E-state index in [9.17, 15) is 8.42 Å². The number of benzene rings is 1. The molecule has 1 aromatic heterocycles. The van der Waals surface area contributed by atoms with Crippen molar-refractivity contribution in [3.63, 3.8) is 0 Å². The summed E-state index contributed by atoms with van der Waals surface area (Å²) in [5, 5.41) is 7.94. The highest BCUT2D eigenvalue weighted by molar-refractivity contribution is 7.89. The molecule has 114 valence electrons. The maximum absolute atomic E-state index is 11.1. The fraction of sp³-hybridized carbons (Fsp3) is 0.286. The number of nitrogens with one attached hydrogen (secondary N) is 1. The minimum Gasteiger partial charge on any atom is -0.496 e. The second kappa shape index (κ2) is 6.75. The van der Waals surface area contributed by atoms with Gasteiger partial charge in [0.1, 0.15) is 11.5 Å². The highest BCUT2D eigenvalue weighted by atomic mass is 32.2. The Morgan fingerprint density at radius 1 is 1.24 bits per heavy atom. The summed E-state index contributed by atoms with van der Waals surface area (Å²) in [7, 11) is -2.13. The summed E-state index contributed by atoms with van der Waals surface area (Å²) in [5.74, 6) is 1.38. The van der Waals surface area contributed by atoms with Gasteiger partial charge in [-0.05, 0) is 36.7 Å². The van der Waals surface area contributed by atoms with Gasteiger partial charge in [-0.2, -0.15) is 0 Å². The van der Waals surface area contributed by atoms with Crippen LogP contribution in [0.4, 0.5) is 0 Å². The van der Waals surface area contributed by atoms with E-state index in [1.54, 1.807) is 13.2 Å². The monoisotopic (exact) mass is 310 g/mol. The first-order valence-corrected chi connectivity index (χ1v) is 7.99. The molecule has 2 aromatic rings. The SMILES string of the molecule is COc1ccccc1CCNCc1ccc(S(N)(=O)=O)o1. The third-order valence-corrected chi connectivity index (χ3v) is 3.76. The van der Waals surface area contributed by atoms with Gasteiger partial charge >= 0.3 is 0 Å². The average Bonchev–Trinajstić information content (AvgIpc) is 2.93. The average molecular weight is 310 g/mol. The molecule has 0 saturated heterocycles. The van der Waals surface area contributed by atoms with Crippen LogP contribution in [0.2, 0.25) is 0 Å². The third-order valence-electron chi connectivity index (χ3n) is 2.98. The number of nitrogens with two attached hydrogens (primary N) is 1. The summed E-state index contributed by atoms with van der Waals surface area (Å²) in [6, 6.07) is 10.8. The number of hydrogen-bond donors (Lipinski definition) is 2. The molecule has 2 rings (SSSR count). The molecule has 0 unspecified atom stereocenters. The van der Waals surface area contributed by atoms with Crippen LogP contribution in [-0.2, 0) is 23.0 Å². The maximum Gasteiger partial charge on any atom is 0.271 e. The topological polar surface area (TPSA) is 94.6 Å². The van der Waals surface area contributed by atoms with Crippen molar-refractivity contribution < 1.29 is 17.6 Å². The van der Waals surface area contributed by atoms with Crippen LogP contribution in [0.15, 0.2) is 45.9 Å². The van der Waals surface area contributed by atoms with E-state index in [0.29, 0.717) is 18.8 Å². The lowest BCUT2D eigenvalue weighted by atomic mass is 10.1. The van der Waals surface area contributed by atoms with Crippen LogP contribution in [0.1, 0.15) is 11.3 Å². The number of para-hydroxylation sites is 1. The van der Waals surface area contributed by atoms with Crippen molar-refractivity contribution >= 4 is 10.0 Å². The van der Waals surface area contributed by atoms with Crippen LogP contribution >= 0.6 is 0 Å². The summed E-state index contributed by atoms with van der Waals surface area (Å²) in [4.78, 5) is 0. The van der Waals surface area contributed by atoms with Crippen molar-refractivity contribution in [3.05, 3.63) is 47.7 Å². The number of primary sulfonamides is 1. The van der Waals surface area contributed by atoms with Gasteiger partial charge in [0, 0.05) is 0 Å². The number of sulfonamides is 1. The van der Waals surface area contributed by atoms with Crippen LogP contribution in [-0.4, -0.2) is 22.1 Å². The van der Waals surface area contributed by atoms with Gasteiger partial charge in [-0.3, -0.25) is 0 Å². The number of furan rings is 1. The van der Waals surface area contributed by atoms with Crippen molar-refractivity contribution in [1.29, 1.82) is 0 Å². The van der Waals surface area contributed by atoms with Gasteiger partial charge in [-0.1, -0.05) is 18.2 Å². The molecule has 0 saturated carbocycles. The lowest BCUT2D eigenvalue weighted by molar-refractivity contribution is 0.400. The molecule has 0 bridgehead atoms. The Balaban J connectivity index is 1.84. The largest absolute Gasteiger partial charge is 0.496 e. The predicted molar refractivity (Wildman–Crippen MR) is 78.5 cm³/mol. The van der Waals surface area contributed by atoms with Crippen molar-refractivity contribution in [1.82, 2.24) is 5.32 Å². The quantitative estimate of drug-likeness (QED) is 0.751. The Labute approximate surface area is 124 Å². The lowest BCUT2D eigenvalue weighted by Gasteiger charge is -2.08. The molecule has 0 amide bonds. The predicted octanol–water partition coefficient (Wildman–Crippen LogP) is 1.27. The Morgan fingerprint density at radius 3 is 2.67 bits per heavy atom. The van der Waals surface area contributed by atoms with Gasteiger partial charge in [0.15, 0.2) is 0 Å². The smallest absolute Gasteiger partial charge is 0.271 e. The molecule has 0 radical (unpaired) electrons. The first-order valence-electron chi connectivity index (χ1n) is 6.45. The molecule has 0 aliphatic rings. The van der Waals surface area contributed by atoms with E-state index >= 15 is 0 Å². The molecule has 0 fully saturated rings. The van der Waals surface area contributed by atoms with Gasteiger partial charge in [0.05, 0.1) is 13.7 Å². The van der Waals surface area contributed by atoms with E-state index in [4.69, 9.17) is 14.3 Å². The Hall–Kier alpha value is -1.83. The van der Waals surface area contributed by atoms with Crippen molar-refractivity contribution in [2.75, 3.05) is 13.7 Å². The molecule has 7 heteroatoms. The molecule has 0 atom stereocenters. The Morgan fingerprint density at radius 2 is 2.00 bits per heavy atom. The summed E-state index contributed by atoms with van der Waals surface area (Å²) in [6.45, 7) is 1.15. The first kappa shape index (κ1) is 15.6. The van der Waals surface area contributed by atoms with Gasteiger partial charge < -0.3 is 14.5 Å². The second-order valence-electron chi connectivity index (χ2n) is 4.50. The highest BCUT2D eigenvalue weighted by Crippen LogP contribution is 2.17. The first-order chi connectivity index (χ1) is 10.0. The summed E-state index contributed by atoms with van der Waals surface area (Å²) in [6.07, 6.45) is 0.798. The zero-order valence-electron chi connectivity index (χ0n) is 11.7. The molecule has 3 N–H and O–H groups in total.